The van der Waals surface area contributed by atoms with Gasteiger partial charge in [0.25, 0.3) is 5.69 Å². The van der Waals surface area contributed by atoms with Crippen LogP contribution in [0.4, 0.5) is 17.2 Å². The highest BCUT2D eigenvalue weighted by atomic mass is 16.6. The summed E-state index contributed by atoms with van der Waals surface area (Å²) >= 11 is 0. The van der Waals surface area contributed by atoms with Crippen molar-refractivity contribution in [1.29, 1.82) is 0 Å². The van der Waals surface area contributed by atoms with Crippen molar-refractivity contribution in [3.05, 3.63) is 70.9 Å². The number of non-ortho nitro benzene ring substituents is 1. The highest BCUT2D eigenvalue weighted by Gasteiger charge is 2.11. The molecule has 4 rings (SSSR count). The van der Waals surface area contributed by atoms with Gasteiger partial charge in [0.1, 0.15) is 0 Å². The molecule has 0 radical (unpaired) electrons. The number of anilines is 2. The minimum Gasteiger partial charge on any atom is -0.338 e. The molecule has 0 saturated heterocycles. The fraction of sp³-hybridized carbons (Fsp3) is 0. The van der Waals surface area contributed by atoms with Gasteiger partial charge < -0.3 is 5.32 Å². The van der Waals surface area contributed by atoms with Gasteiger partial charge in [-0.15, -0.1) is 5.10 Å². The number of nitrogens with zero attached hydrogens (tertiary/aromatic N) is 4. The van der Waals surface area contributed by atoms with Gasteiger partial charge in [0, 0.05) is 23.4 Å². The Balaban J connectivity index is 1.73. The number of fused-ring (bicyclic) bond motifs is 1. The molecule has 122 valence electrons. The van der Waals surface area contributed by atoms with E-state index in [-0.39, 0.29) is 5.69 Å². The monoisotopic (exact) mass is 332 g/mol. The first kappa shape index (κ1) is 14.8. The van der Waals surface area contributed by atoms with Crippen LogP contribution in [0, 0.1) is 10.1 Å². The number of rotatable bonds is 4. The first-order valence-electron chi connectivity index (χ1n) is 7.49. The molecule has 0 fully saturated rings. The van der Waals surface area contributed by atoms with Crippen molar-refractivity contribution in [2.24, 2.45) is 0 Å². The van der Waals surface area contributed by atoms with Crippen molar-refractivity contribution in [1.82, 2.24) is 20.4 Å². The number of para-hydroxylation sites is 1. The third kappa shape index (κ3) is 2.76. The Morgan fingerprint density at radius 2 is 1.84 bits per heavy atom. The third-order valence-electron chi connectivity index (χ3n) is 3.82. The lowest BCUT2D eigenvalue weighted by Gasteiger charge is -2.10. The minimum atomic E-state index is -0.412. The average molecular weight is 332 g/mol. The van der Waals surface area contributed by atoms with E-state index >= 15 is 0 Å². The number of H-pyrrole nitrogens is 1. The number of nitrogens with one attached hydrogen (secondary N) is 2. The number of nitro benzene ring substituents is 1. The van der Waals surface area contributed by atoms with Crippen molar-refractivity contribution in [2.45, 2.75) is 0 Å². The zero-order valence-corrected chi connectivity index (χ0v) is 12.9. The molecule has 8 nitrogen and oxygen atoms in total. The van der Waals surface area contributed by atoms with E-state index in [9.17, 15) is 10.1 Å². The van der Waals surface area contributed by atoms with Crippen LogP contribution < -0.4 is 5.32 Å². The third-order valence-corrected chi connectivity index (χ3v) is 3.82. The van der Waals surface area contributed by atoms with Crippen LogP contribution in [0.25, 0.3) is 22.2 Å². The molecule has 0 amide bonds. The van der Waals surface area contributed by atoms with Gasteiger partial charge in [-0.2, -0.15) is 10.2 Å². The molecule has 0 aliphatic heterocycles. The summed E-state index contributed by atoms with van der Waals surface area (Å²) in [5, 5.41) is 29.8. The van der Waals surface area contributed by atoms with Gasteiger partial charge in [0.2, 0.25) is 0 Å². The lowest BCUT2D eigenvalue weighted by molar-refractivity contribution is -0.384. The molecule has 4 aromatic rings. The number of aromatic nitrogens is 4. The molecule has 0 aliphatic carbocycles. The molecule has 0 saturated carbocycles. The van der Waals surface area contributed by atoms with E-state index in [0.717, 1.165) is 22.2 Å². The van der Waals surface area contributed by atoms with Crippen molar-refractivity contribution < 1.29 is 4.92 Å². The number of benzene rings is 2. The second-order valence-corrected chi connectivity index (χ2v) is 5.34. The van der Waals surface area contributed by atoms with Gasteiger partial charge >= 0.3 is 0 Å². The largest absolute Gasteiger partial charge is 0.338 e. The van der Waals surface area contributed by atoms with Crippen molar-refractivity contribution >= 4 is 28.2 Å². The number of hydrogen-bond acceptors (Lipinski definition) is 6. The highest BCUT2D eigenvalue weighted by molar-refractivity contribution is 5.91. The van der Waals surface area contributed by atoms with Gasteiger partial charge in [-0.1, -0.05) is 18.2 Å². The quantitative estimate of drug-likeness (QED) is 0.436. The smallest absolute Gasteiger partial charge is 0.269 e. The van der Waals surface area contributed by atoms with E-state index in [1.54, 1.807) is 18.3 Å². The van der Waals surface area contributed by atoms with Crippen molar-refractivity contribution in [3.8, 4) is 11.1 Å². The SMILES string of the molecule is O=[N+]([O-])c1ccc(-c2ccccc2Nc2n[nH]c3nnccc23)cc1. The minimum absolute atomic E-state index is 0.0612. The molecule has 0 unspecified atom stereocenters. The maximum Gasteiger partial charge on any atom is 0.269 e. The Morgan fingerprint density at radius 1 is 1.04 bits per heavy atom. The first-order valence-corrected chi connectivity index (χ1v) is 7.49. The summed E-state index contributed by atoms with van der Waals surface area (Å²) in [6.45, 7) is 0. The zero-order chi connectivity index (χ0) is 17.2. The van der Waals surface area contributed by atoms with E-state index in [1.165, 1.54) is 12.1 Å². The van der Waals surface area contributed by atoms with E-state index < -0.39 is 4.92 Å². The maximum atomic E-state index is 10.8. The van der Waals surface area contributed by atoms with E-state index in [0.29, 0.717) is 11.5 Å². The Labute approximate surface area is 141 Å². The Kier molecular flexibility index (Phi) is 3.55. The summed E-state index contributed by atoms with van der Waals surface area (Å²) in [4.78, 5) is 10.4. The van der Waals surface area contributed by atoms with E-state index in [4.69, 9.17) is 0 Å². The van der Waals surface area contributed by atoms with Gasteiger partial charge in [-0.25, -0.2) is 0 Å². The molecule has 0 aliphatic rings. The topological polar surface area (TPSA) is 110 Å². The summed E-state index contributed by atoms with van der Waals surface area (Å²) in [5.41, 5.74) is 3.27. The highest BCUT2D eigenvalue weighted by Crippen LogP contribution is 2.32. The summed E-state index contributed by atoms with van der Waals surface area (Å²) in [6.07, 6.45) is 1.60. The fourth-order valence-electron chi connectivity index (χ4n) is 2.60. The average Bonchev–Trinajstić information content (AvgIpc) is 3.05. The molecule has 2 aromatic carbocycles. The van der Waals surface area contributed by atoms with Crippen LogP contribution >= 0.6 is 0 Å². The van der Waals surface area contributed by atoms with Crippen LogP contribution in [0.1, 0.15) is 0 Å². The normalized spacial score (nSPS) is 10.7. The number of nitro groups is 1. The van der Waals surface area contributed by atoms with Crippen LogP contribution in [0.2, 0.25) is 0 Å². The first-order chi connectivity index (χ1) is 12.2. The van der Waals surface area contributed by atoms with E-state index in [2.05, 4.69) is 25.7 Å². The summed E-state index contributed by atoms with van der Waals surface area (Å²) in [5.74, 6) is 0.638. The Bertz CT molecular complexity index is 1060. The molecule has 2 N–H and O–H groups in total. The molecular formula is C17H12N6O2. The maximum absolute atomic E-state index is 10.8. The van der Waals surface area contributed by atoms with Crippen molar-refractivity contribution in [2.75, 3.05) is 5.32 Å². The standard InChI is InChI=1S/C17H12N6O2/c24-23(25)12-7-5-11(6-8-12)13-3-1-2-4-15(13)19-16-14-9-10-18-20-17(14)22-21-16/h1-10H,(H2,19,20,21,22). The number of hydrogen-bond donors (Lipinski definition) is 2. The zero-order valence-electron chi connectivity index (χ0n) is 12.9. The van der Waals surface area contributed by atoms with Gasteiger partial charge in [0.05, 0.1) is 16.5 Å². The van der Waals surface area contributed by atoms with Crippen LogP contribution in [0.15, 0.2) is 60.8 Å². The fourth-order valence-corrected chi connectivity index (χ4v) is 2.60. The molecule has 0 spiro atoms. The van der Waals surface area contributed by atoms with Crippen LogP contribution in [-0.2, 0) is 0 Å². The summed E-state index contributed by atoms with van der Waals surface area (Å²) in [6, 6.07) is 15.9. The summed E-state index contributed by atoms with van der Waals surface area (Å²) < 4.78 is 0. The lowest BCUT2D eigenvalue weighted by Crippen LogP contribution is -1.94. The Morgan fingerprint density at radius 3 is 2.64 bits per heavy atom. The second-order valence-electron chi connectivity index (χ2n) is 5.34. The van der Waals surface area contributed by atoms with Gasteiger partial charge in [0.15, 0.2) is 11.5 Å². The molecule has 8 heteroatoms. The molecule has 0 atom stereocenters. The van der Waals surface area contributed by atoms with Crippen LogP contribution in [0.3, 0.4) is 0 Å². The molecule has 2 aromatic heterocycles. The van der Waals surface area contributed by atoms with E-state index in [1.807, 2.05) is 30.3 Å². The van der Waals surface area contributed by atoms with Crippen LogP contribution in [-0.4, -0.2) is 25.3 Å². The molecule has 0 bridgehead atoms. The molecule has 25 heavy (non-hydrogen) atoms. The van der Waals surface area contributed by atoms with Crippen LogP contribution in [0.5, 0.6) is 0 Å². The predicted molar refractivity (Wildman–Crippen MR) is 93.5 cm³/mol. The number of aromatic amines is 1. The second kappa shape index (κ2) is 6.00. The van der Waals surface area contributed by atoms with Gasteiger partial charge in [-0.05, 0) is 29.8 Å². The summed E-state index contributed by atoms with van der Waals surface area (Å²) in [7, 11) is 0. The predicted octanol–water partition coefficient (Wildman–Crippen LogP) is 3.67. The molecule has 2 heterocycles. The van der Waals surface area contributed by atoms with Crippen molar-refractivity contribution in [3.63, 3.8) is 0 Å². The Hall–Kier alpha value is -3.81. The van der Waals surface area contributed by atoms with Gasteiger partial charge in [-0.3, -0.25) is 15.2 Å². The lowest BCUT2D eigenvalue weighted by atomic mass is 10.0. The molecular weight excluding hydrogens is 320 g/mol.